The Morgan fingerprint density at radius 2 is 1.88 bits per heavy atom. The third-order valence-electron chi connectivity index (χ3n) is 2.72. The molecule has 1 N–H and O–H groups in total. The van der Waals surface area contributed by atoms with E-state index in [-0.39, 0.29) is 12.5 Å². The fourth-order valence-corrected chi connectivity index (χ4v) is 4.40. The first-order valence-electron chi connectivity index (χ1n) is 6.00. The average Bonchev–Trinajstić information content (AvgIpc) is 2.40. The van der Waals surface area contributed by atoms with Gasteiger partial charge in [-0.15, -0.1) is 23.5 Å². The van der Waals surface area contributed by atoms with Crippen molar-refractivity contribution in [1.29, 1.82) is 0 Å². The highest BCUT2D eigenvalue weighted by atomic mass is 32.2. The summed E-state index contributed by atoms with van der Waals surface area (Å²) in [4.78, 5) is 0. The predicted octanol–water partition coefficient (Wildman–Crippen LogP) is 3.55. The van der Waals surface area contributed by atoms with Gasteiger partial charge in [0.15, 0.2) is 0 Å². The number of rotatable bonds is 4. The van der Waals surface area contributed by atoms with Crippen molar-refractivity contribution in [1.82, 2.24) is 0 Å². The molecular formula is C14H18OS2. The van der Waals surface area contributed by atoms with Crippen LogP contribution in [0.25, 0.3) is 0 Å². The molecule has 0 aromatic heterocycles. The molecule has 1 heterocycles. The fourth-order valence-electron chi connectivity index (χ4n) is 1.83. The molecule has 1 aliphatic heterocycles. The van der Waals surface area contributed by atoms with Crippen LogP contribution < -0.4 is 0 Å². The van der Waals surface area contributed by atoms with Crippen LogP contribution in [0.5, 0.6) is 0 Å². The summed E-state index contributed by atoms with van der Waals surface area (Å²) in [6.07, 6.45) is 4.48. The Bertz CT molecular complexity index is 354. The minimum absolute atomic E-state index is 0.236. The monoisotopic (exact) mass is 266 g/mol. The number of hydrogen-bond donors (Lipinski definition) is 1. The van der Waals surface area contributed by atoms with Crippen LogP contribution in [0, 0.1) is 5.92 Å². The summed E-state index contributed by atoms with van der Waals surface area (Å²) in [7, 11) is 0. The molecule has 92 valence electrons. The van der Waals surface area contributed by atoms with E-state index in [9.17, 15) is 5.11 Å². The van der Waals surface area contributed by atoms with Crippen LogP contribution in [-0.2, 0) is 6.42 Å². The van der Waals surface area contributed by atoms with Gasteiger partial charge in [-0.2, -0.15) is 0 Å². The van der Waals surface area contributed by atoms with E-state index in [1.807, 2.05) is 29.6 Å². The number of aliphatic hydroxyl groups excluding tert-OH is 1. The average molecular weight is 266 g/mol. The van der Waals surface area contributed by atoms with Crippen molar-refractivity contribution in [3.05, 3.63) is 46.2 Å². The maximum atomic E-state index is 9.45. The van der Waals surface area contributed by atoms with E-state index in [0.29, 0.717) is 0 Å². The number of thioether (sulfide) groups is 2. The van der Waals surface area contributed by atoms with Crippen LogP contribution in [0.4, 0.5) is 0 Å². The Morgan fingerprint density at radius 1 is 1.18 bits per heavy atom. The van der Waals surface area contributed by atoms with Gasteiger partial charge >= 0.3 is 0 Å². The van der Waals surface area contributed by atoms with Crippen molar-refractivity contribution >= 4 is 23.5 Å². The molecule has 1 nitrogen and oxygen atoms in total. The van der Waals surface area contributed by atoms with Crippen molar-refractivity contribution in [3.63, 3.8) is 0 Å². The molecular weight excluding hydrogens is 248 g/mol. The zero-order valence-electron chi connectivity index (χ0n) is 9.84. The molecule has 0 amide bonds. The Morgan fingerprint density at radius 3 is 2.53 bits per heavy atom. The van der Waals surface area contributed by atoms with E-state index in [0.717, 1.165) is 6.42 Å². The molecule has 0 bridgehead atoms. The van der Waals surface area contributed by atoms with Gasteiger partial charge in [-0.25, -0.2) is 0 Å². The molecule has 1 fully saturated rings. The Hall–Kier alpha value is -0.380. The van der Waals surface area contributed by atoms with Gasteiger partial charge in [0, 0.05) is 16.8 Å². The molecule has 1 atom stereocenters. The quantitative estimate of drug-likeness (QED) is 0.900. The second-order valence-corrected chi connectivity index (χ2v) is 6.70. The lowest BCUT2D eigenvalue weighted by atomic mass is 10.0. The summed E-state index contributed by atoms with van der Waals surface area (Å²) in [5.74, 6) is 2.70. The fraction of sp³-hybridized carbons (Fsp3) is 0.429. The van der Waals surface area contributed by atoms with Gasteiger partial charge < -0.3 is 5.11 Å². The summed E-state index contributed by atoms with van der Waals surface area (Å²) in [5, 5.41) is 9.45. The van der Waals surface area contributed by atoms with Gasteiger partial charge in [0.1, 0.15) is 0 Å². The van der Waals surface area contributed by atoms with Gasteiger partial charge in [0.2, 0.25) is 0 Å². The summed E-state index contributed by atoms with van der Waals surface area (Å²) in [6.45, 7) is 0.236. The maximum Gasteiger partial charge on any atom is 0.0497 e. The highest BCUT2D eigenvalue weighted by molar-refractivity contribution is 8.22. The Balaban J connectivity index is 1.96. The van der Waals surface area contributed by atoms with Crippen LogP contribution >= 0.6 is 23.5 Å². The molecule has 1 aromatic rings. The minimum atomic E-state index is 0.236. The molecule has 1 aliphatic rings. The molecule has 0 radical (unpaired) electrons. The third-order valence-corrected chi connectivity index (χ3v) is 5.26. The van der Waals surface area contributed by atoms with E-state index >= 15 is 0 Å². The lowest BCUT2D eigenvalue weighted by Gasteiger charge is -2.16. The van der Waals surface area contributed by atoms with Gasteiger partial charge in [-0.3, -0.25) is 0 Å². The normalized spacial score (nSPS) is 17.8. The molecule has 0 unspecified atom stereocenters. The van der Waals surface area contributed by atoms with Crippen molar-refractivity contribution in [3.8, 4) is 0 Å². The largest absolute Gasteiger partial charge is 0.396 e. The lowest BCUT2D eigenvalue weighted by molar-refractivity contribution is 0.252. The van der Waals surface area contributed by atoms with E-state index in [1.54, 1.807) is 0 Å². The van der Waals surface area contributed by atoms with Crippen molar-refractivity contribution in [2.45, 2.75) is 12.8 Å². The maximum absolute atomic E-state index is 9.45. The van der Waals surface area contributed by atoms with E-state index < -0.39 is 0 Å². The van der Waals surface area contributed by atoms with Crippen LogP contribution in [0.15, 0.2) is 40.6 Å². The molecule has 0 spiro atoms. The second kappa shape index (κ2) is 7.14. The highest BCUT2D eigenvalue weighted by Gasteiger charge is 2.11. The Labute approximate surface area is 112 Å². The third kappa shape index (κ3) is 4.41. The van der Waals surface area contributed by atoms with Gasteiger partial charge in [0.05, 0.1) is 0 Å². The van der Waals surface area contributed by atoms with Crippen LogP contribution in [0.3, 0.4) is 0 Å². The number of benzene rings is 1. The van der Waals surface area contributed by atoms with E-state index in [4.69, 9.17) is 0 Å². The minimum Gasteiger partial charge on any atom is -0.396 e. The molecule has 17 heavy (non-hydrogen) atoms. The SMILES string of the molecule is OC[C@@H](C=C1SCCCS1)Cc1ccccc1. The first kappa shape index (κ1) is 13.1. The molecule has 3 heteroatoms. The smallest absolute Gasteiger partial charge is 0.0497 e. The zero-order valence-corrected chi connectivity index (χ0v) is 11.5. The van der Waals surface area contributed by atoms with Crippen molar-refractivity contribution in [2.75, 3.05) is 18.1 Å². The zero-order chi connectivity index (χ0) is 11.9. The Kier molecular flexibility index (Phi) is 5.49. The van der Waals surface area contributed by atoms with E-state index in [2.05, 4.69) is 30.3 Å². The molecule has 0 aliphatic carbocycles. The number of aliphatic hydroxyl groups is 1. The van der Waals surface area contributed by atoms with Crippen molar-refractivity contribution < 1.29 is 5.11 Å². The topological polar surface area (TPSA) is 20.2 Å². The summed E-state index contributed by atoms with van der Waals surface area (Å²) in [5.41, 5.74) is 1.30. The predicted molar refractivity (Wildman–Crippen MR) is 78.3 cm³/mol. The first-order chi connectivity index (χ1) is 8.38. The van der Waals surface area contributed by atoms with Crippen LogP contribution in [0.1, 0.15) is 12.0 Å². The van der Waals surface area contributed by atoms with E-state index in [1.165, 1.54) is 27.7 Å². The standard InChI is InChI=1S/C14H18OS2/c15-11-13(9-12-5-2-1-3-6-12)10-14-16-7-4-8-17-14/h1-3,5-6,10,13,15H,4,7-9,11H2/t13-/m1/s1. The first-order valence-corrected chi connectivity index (χ1v) is 7.98. The van der Waals surface area contributed by atoms with Gasteiger partial charge in [0.25, 0.3) is 0 Å². The van der Waals surface area contributed by atoms with Crippen LogP contribution in [0.2, 0.25) is 0 Å². The molecule has 0 saturated carbocycles. The number of hydrogen-bond acceptors (Lipinski definition) is 3. The van der Waals surface area contributed by atoms with Gasteiger partial charge in [-0.05, 0) is 29.9 Å². The summed E-state index contributed by atoms with van der Waals surface area (Å²) < 4.78 is 1.39. The summed E-state index contributed by atoms with van der Waals surface area (Å²) in [6, 6.07) is 10.4. The molecule has 1 aromatic carbocycles. The second-order valence-electron chi connectivity index (χ2n) is 4.17. The lowest BCUT2D eigenvalue weighted by Crippen LogP contribution is -2.07. The van der Waals surface area contributed by atoms with Crippen LogP contribution in [-0.4, -0.2) is 23.2 Å². The van der Waals surface area contributed by atoms with Crippen molar-refractivity contribution in [2.24, 2.45) is 5.92 Å². The molecule has 2 rings (SSSR count). The molecule has 1 saturated heterocycles. The highest BCUT2D eigenvalue weighted by Crippen LogP contribution is 2.35. The summed E-state index contributed by atoms with van der Waals surface area (Å²) >= 11 is 3.86. The van der Waals surface area contributed by atoms with Gasteiger partial charge in [-0.1, -0.05) is 36.4 Å².